The molecule has 1 fully saturated rings. The maximum atomic E-state index is 13.2. The van der Waals surface area contributed by atoms with Crippen molar-refractivity contribution in [2.75, 3.05) is 10.0 Å². The van der Waals surface area contributed by atoms with E-state index in [0.717, 1.165) is 36.6 Å². The van der Waals surface area contributed by atoms with Crippen LogP contribution in [0.4, 0.5) is 16.4 Å². The Labute approximate surface area is 292 Å². The molecule has 1 aliphatic carbocycles. The molecule has 12 heteroatoms. The Kier molecular flexibility index (Phi) is 10.2. The number of amides is 1. The van der Waals surface area contributed by atoms with E-state index in [-0.39, 0.29) is 23.9 Å². The highest BCUT2D eigenvalue weighted by Gasteiger charge is 2.26. The second-order valence-electron chi connectivity index (χ2n) is 13.5. The SMILES string of the molecule is Cc1cc(NS(=O)(=O)Cc2ccccc2)c2ccccc2c1Oc1ncccc1-c1ccnc(N[C@H]2CC[C@H](NC(=O)OC(C)(C)C)CC2)n1. The van der Waals surface area contributed by atoms with Crippen molar-refractivity contribution >= 4 is 38.5 Å². The van der Waals surface area contributed by atoms with Gasteiger partial charge in [0.2, 0.25) is 21.9 Å². The Hall–Kier alpha value is -5.23. The van der Waals surface area contributed by atoms with Gasteiger partial charge in [0.25, 0.3) is 0 Å². The van der Waals surface area contributed by atoms with E-state index in [1.165, 1.54) is 0 Å². The first kappa shape index (κ1) is 34.6. The number of nitrogens with zero attached hydrogens (tertiary/aromatic N) is 3. The molecule has 260 valence electrons. The number of carbonyl (C=O) groups is 1. The van der Waals surface area contributed by atoms with Gasteiger partial charge in [-0.1, -0.05) is 54.6 Å². The van der Waals surface area contributed by atoms with Crippen LogP contribution in [0.15, 0.2) is 91.3 Å². The number of nitrogens with one attached hydrogen (secondary N) is 3. The Bertz CT molecular complexity index is 2080. The number of pyridine rings is 1. The molecule has 0 aliphatic heterocycles. The van der Waals surface area contributed by atoms with Gasteiger partial charge < -0.3 is 20.1 Å². The lowest BCUT2D eigenvalue weighted by Gasteiger charge is -2.30. The molecule has 0 bridgehead atoms. The third kappa shape index (κ3) is 8.86. The van der Waals surface area contributed by atoms with Crippen molar-refractivity contribution in [2.24, 2.45) is 0 Å². The minimum absolute atomic E-state index is 0.0633. The highest BCUT2D eigenvalue weighted by Crippen LogP contribution is 2.40. The molecule has 1 amide bonds. The van der Waals surface area contributed by atoms with Crippen LogP contribution in [0, 0.1) is 6.92 Å². The van der Waals surface area contributed by atoms with Gasteiger partial charge in [0, 0.05) is 35.2 Å². The van der Waals surface area contributed by atoms with Crippen LogP contribution < -0.4 is 20.1 Å². The fourth-order valence-corrected chi connectivity index (χ4v) is 7.29. The van der Waals surface area contributed by atoms with Crippen LogP contribution in [0.1, 0.15) is 57.6 Å². The molecule has 6 rings (SSSR count). The van der Waals surface area contributed by atoms with Gasteiger partial charge in [-0.25, -0.2) is 28.2 Å². The highest BCUT2D eigenvalue weighted by molar-refractivity contribution is 7.91. The molecule has 3 N–H and O–H groups in total. The number of anilines is 2. The van der Waals surface area contributed by atoms with Gasteiger partial charge in [-0.2, -0.15) is 0 Å². The standard InChI is InChI=1S/C38H42N6O5S/c1-25-23-33(44-50(46,47)24-26-11-6-5-7-12-26)29-13-8-9-14-30(29)34(25)48-35-31(15-10-21-39-35)32-20-22-40-36(43-32)41-27-16-18-28(19-17-27)42-37(45)49-38(2,3)4/h5-15,20-23,27-28,44H,16-19,24H2,1-4H3,(H,42,45)(H,40,41,43)/t27-,28-. The van der Waals surface area contributed by atoms with Gasteiger partial charge in [-0.05, 0) is 88.8 Å². The van der Waals surface area contributed by atoms with Gasteiger partial charge in [-0.15, -0.1) is 0 Å². The Morgan fingerprint density at radius 2 is 1.56 bits per heavy atom. The van der Waals surface area contributed by atoms with Crippen molar-refractivity contribution in [3.8, 4) is 22.9 Å². The van der Waals surface area contributed by atoms with Gasteiger partial charge in [0.1, 0.15) is 11.4 Å². The summed E-state index contributed by atoms with van der Waals surface area (Å²) in [7, 11) is -3.68. The number of hydrogen-bond acceptors (Lipinski definition) is 9. The smallest absolute Gasteiger partial charge is 0.407 e. The van der Waals surface area contributed by atoms with E-state index >= 15 is 0 Å². The number of aryl methyl sites for hydroxylation is 1. The Morgan fingerprint density at radius 3 is 2.30 bits per heavy atom. The normalized spacial score (nSPS) is 16.4. The van der Waals surface area contributed by atoms with E-state index in [1.807, 2.05) is 88.4 Å². The first-order valence-corrected chi connectivity index (χ1v) is 18.4. The van der Waals surface area contributed by atoms with Crippen molar-refractivity contribution in [3.05, 3.63) is 102 Å². The number of rotatable bonds is 10. The van der Waals surface area contributed by atoms with Crippen molar-refractivity contribution in [1.29, 1.82) is 0 Å². The van der Waals surface area contributed by atoms with Crippen molar-refractivity contribution in [3.63, 3.8) is 0 Å². The molecule has 1 saturated carbocycles. The number of hydrogen-bond donors (Lipinski definition) is 3. The number of sulfonamides is 1. The third-order valence-corrected chi connectivity index (χ3v) is 9.57. The molecule has 0 unspecified atom stereocenters. The van der Waals surface area contributed by atoms with Gasteiger partial charge in [0.15, 0.2) is 0 Å². The molecule has 3 aromatic carbocycles. The van der Waals surface area contributed by atoms with Crippen LogP contribution in [-0.4, -0.2) is 47.1 Å². The average Bonchev–Trinajstić information content (AvgIpc) is 3.07. The molecule has 1 aliphatic rings. The van der Waals surface area contributed by atoms with Crippen LogP contribution in [0.25, 0.3) is 22.0 Å². The molecule has 11 nitrogen and oxygen atoms in total. The lowest BCUT2D eigenvalue weighted by atomic mass is 9.91. The molecule has 0 radical (unpaired) electrons. The molecule has 50 heavy (non-hydrogen) atoms. The summed E-state index contributed by atoms with van der Waals surface area (Å²) in [5.41, 5.74) is 2.69. The molecule has 0 spiro atoms. The minimum atomic E-state index is -3.68. The van der Waals surface area contributed by atoms with Crippen LogP contribution in [0.2, 0.25) is 0 Å². The predicted octanol–water partition coefficient (Wildman–Crippen LogP) is 7.98. The molecule has 2 aromatic heterocycles. The van der Waals surface area contributed by atoms with Crippen LogP contribution in [-0.2, 0) is 20.5 Å². The van der Waals surface area contributed by atoms with E-state index in [4.69, 9.17) is 14.5 Å². The maximum absolute atomic E-state index is 13.2. The summed E-state index contributed by atoms with van der Waals surface area (Å²) in [6, 6.07) is 24.1. The Morgan fingerprint density at radius 1 is 0.860 bits per heavy atom. The maximum Gasteiger partial charge on any atom is 0.407 e. The second-order valence-corrected chi connectivity index (χ2v) is 15.2. The largest absolute Gasteiger partial charge is 0.444 e. The first-order valence-electron chi connectivity index (χ1n) is 16.7. The third-order valence-electron chi connectivity index (χ3n) is 8.33. The topological polar surface area (TPSA) is 144 Å². The fourth-order valence-electron chi connectivity index (χ4n) is 6.09. The van der Waals surface area contributed by atoms with E-state index in [1.54, 1.807) is 30.6 Å². The number of ether oxygens (including phenoxy) is 2. The first-order chi connectivity index (χ1) is 23.9. The molecule has 5 aromatic rings. The van der Waals surface area contributed by atoms with Crippen molar-refractivity contribution < 1.29 is 22.7 Å². The molecule has 2 heterocycles. The van der Waals surface area contributed by atoms with Crippen LogP contribution >= 0.6 is 0 Å². The molecule has 0 atom stereocenters. The summed E-state index contributed by atoms with van der Waals surface area (Å²) < 4.78 is 41.1. The van der Waals surface area contributed by atoms with Gasteiger partial charge in [-0.3, -0.25) is 4.72 Å². The fraction of sp³-hybridized carbons (Fsp3) is 0.316. The van der Waals surface area contributed by atoms with Crippen molar-refractivity contribution in [2.45, 2.75) is 76.8 Å². The quantitative estimate of drug-likeness (QED) is 0.133. The number of aromatic nitrogens is 3. The number of benzene rings is 3. The zero-order chi connectivity index (χ0) is 35.3. The molecular formula is C38H42N6O5S. The highest BCUT2D eigenvalue weighted by atomic mass is 32.2. The summed E-state index contributed by atoms with van der Waals surface area (Å²) >= 11 is 0. The second kappa shape index (κ2) is 14.7. The summed E-state index contributed by atoms with van der Waals surface area (Å²) in [4.78, 5) is 26.1. The van der Waals surface area contributed by atoms with E-state index in [0.29, 0.717) is 45.5 Å². The lowest BCUT2D eigenvalue weighted by molar-refractivity contribution is 0.0492. The molecule has 0 saturated heterocycles. The minimum Gasteiger partial charge on any atom is -0.444 e. The Balaban J connectivity index is 1.18. The van der Waals surface area contributed by atoms with E-state index in [2.05, 4.69) is 25.3 Å². The number of carbonyl (C=O) groups excluding carboxylic acids is 1. The lowest BCUT2D eigenvalue weighted by Crippen LogP contribution is -2.42. The summed E-state index contributed by atoms with van der Waals surface area (Å²) in [6.45, 7) is 7.44. The van der Waals surface area contributed by atoms with Crippen molar-refractivity contribution in [1.82, 2.24) is 20.3 Å². The number of alkyl carbamates (subject to hydrolysis) is 1. The van der Waals surface area contributed by atoms with Gasteiger partial charge in [0.05, 0.1) is 22.7 Å². The summed E-state index contributed by atoms with van der Waals surface area (Å²) in [5, 5.41) is 7.88. The monoisotopic (exact) mass is 694 g/mol. The van der Waals surface area contributed by atoms with Crippen LogP contribution in [0.3, 0.4) is 0 Å². The molecular weight excluding hydrogens is 653 g/mol. The summed E-state index contributed by atoms with van der Waals surface area (Å²) in [5.74, 6) is 1.28. The van der Waals surface area contributed by atoms with Gasteiger partial charge >= 0.3 is 6.09 Å². The zero-order valence-corrected chi connectivity index (χ0v) is 29.5. The van der Waals surface area contributed by atoms with E-state index < -0.39 is 15.6 Å². The average molecular weight is 695 g/mol. The zero-order valence-electron chi connectivity index (χ0n) is 28.6. The van der Waals surface area contributed by atoms with E-state index in [9.17, 15) is 13.2 Å². The van der Waals surface area contributed by atoms with Crippen LogP contribution in [0.5, 0.6) is 11.6 Å². The predicted molar refractivity (Wildman–Crippen MR) is 196 cm³/mol. The number of fused-ring (bicyclic) bond motifs is 1. The summed E-state index contributed by atoms with van der Waals surface area (Å²) in [6.07, 6.45) is 6.30.